The van der Waals surface area contributed by atoms with Gasteiger partial charge in [0.15, 0.2) is 0 Å². The van der Waals surface area contributed by atoms with Crippen LogP contribution < -0.4 is 10.8 Å². The van der Waals surface area contributed by atoms with E-state index in [4.69, 9.17) is 5.21 Å². The molecule has 3 rings (SSSR count). The molecule has 120 valence electrons. The lowest BCUT2D eigenvalue weighted by molar-refractivity contribution is -0.129. The van der Waals surface area contributed by atoms with Crippen molar-refractivity contribution in [1.82, 2.24) is 5.48 Å². The van der Waals surface area contributed by atoms with E-state index in [-0.39, 0.29) is 0 Å². The number of benzene rings is 2. The van der Waals surface area contributed by atoms with Gasteiger partial charge in [0.25, 0.3) is 5.91 Å². The van der Waals surface area contributed by atoms with Gasteiger partial charge in [0, 0.05) is 11.7 Å². The van der Waals surface area contributed by atoms with Crippen molar-refractivity contribution in [3.8, 4) is 0 Å². The van der Waals surface area contributed by atoms with E-state index < -0.39 is 11.8 Å². The molecular weight excluding hydrogens is 288 g/mol. The first-order chi connectivity index (χ1) is 11.3. The molecule has 4 heteroatoms. The molecule has 1 fully saturated rings. The highest BCUT2D eigenvalue weighted by atomic mass is 16.5. The summed E-state index contributed by atoms with van der Waals surface area (Å²) in [6, 6.07) is 18.0. The fourth-order valence-electron chi connectivity index (χ4n) is 3.28. The minimum atomic E-state index is -0.512. The molecule has 4 nitrogen and oxygen atoms in total. The van der Waals surface area contributed by atoms with Crippen LogP contribution in [0.1, 0.15) is 42.7 Å². The molecule has 1 unspecified atom stereocenters. The highest BCUT2D eigenvalue weighted by Gasteiger charge is 2.22. The van der Waals surface area contributed by atoms with E-state index >= 15 is 0 Å². The fourth-order valence-corrected chi connectivity index (χ4v) is 3.28. The number of nitrogens with one attached hydrogen (secondary N) is 2. The summed E-state index contributed by atoms with van der Waals surface area (Å²) in [7, 11) is 0. The van der Waals surface area contributed by atoms with E-state index in [9.17, 15) is 4.79 Å². The minimum Gasteiger partial charge on any atom is -0.382 e. The van der Waals surface area contributed by atoms with E-state index in [0.717, 1.165) is 16.8 Å². The van der Waals surface area contributed by atoms with Crippen LogP contribution in [0.25, 0.3) is 0 Å². The van der Waals surface area contributed by atoms with Gasteiger partial charge in [0.05, 0.1) is 5.92 Å². The monoisotopic (exact) mass is 310 g/mol. The van der Waals surface area contributed by atoms with Crippen LogP contribution in [0.2, 0.25) is 0 Å². The van der Waals surface area contributed by atoms with Crippen LogP contribution in [-0.4, -0.2) is 17.2 Å². The van der Waals surface area contributed by atoms with E-state index in [1.165, 1.54) is 25.7 Å². The predicted octanol–water partition coefficient (Wildman–Crippen LogP) is 3.68. The largest absolute Gasteiger partial charge is 0.382 e. The quantitative estimate of drug-likeness (QED) is 0.583. The highest BCUT2D eigenvalue weighted by molar-refractivity contribution is 5.86. The first kappa shape index (κ1) is 15.6. The summed E-state index contributed by atoms with van der Waals surface area (Å²) in [6.07, 6.45) is 5.04. The van der Waals surface area contributed by atoms with Gasteiger partial charge in [-0.2, -0.15) is 0 Å². The Morgan fingerprint density at radius 1 is 0.957 bits per heavy atom. The molecule has 0 aliphatic heterocycles. The molecule has 0 spiro atoms. The number of anilines is 1. The number of carbonyl (C=O) groups excluding carboxylic acids is 1. The lowest BCUT2D eigenvalue weighted by atomic mass is 9.90. The van der Waals surface area contributed by atoms with Gasteiger partial charge in [-0.15, -0.1) is 0 Å². The number of hydroxylamine groups is 1. The molecule has 1 aliphatic rings. The third-order valence-electron chi connectivity index (χ3n) is 4.48. The molecule has 0 saturated heterocycles. The topological polar surface area (TPSA) is 61.4 Å². The Kier molecular flexibility index (Phi) is 4.93. The Morgan fingerprint density at radius 2 is 1.57 bits per heavy atom. The van der Waals surface area contributed by atoms with Crippen molar-refractivity contribution in [2.75, 3.05) is 5.32 Å². The van der Waals surface area contributed by atoms with Crippen molar-refractivity contribution in [1.29, 1.82) is 0 Å². The lowest BCUT2D eigenvalue weighted by Crippen LogP contribution is -2.27. The van der Waals surface area contributed by atoms with Crippen LogP contribution in [0.15, 0.2) is 54.6 Å². The fraction of sp³-hybridized carbons (Fsp3) is 0.316. The van der Waals surface area contributed by atoms with Gasteiger partial charge in [-0.1, -0.05) is 55.3 Å². The highest BCUT2D eigenvalue weighted by Crippen LogP contribution is 2.27. The van der Waals surface area contributed by atoms with Crippen LogP contribution in [-0.2, 0) is 4.79 Å². The molecule has 3 N–H and O–H groups in total. The van der Waals surface area contributed by atoms with Crippen LogP contribution in [0.5, 0.6) is 0 Å². The normalized spacial score (nSPS) is 16.0. The minimum absolute atomic E-state index is 0.423. The number of rotatable bonds is 5. The second-order valence-corrected chi connectivity index (χ2v) is 6.07. The van der Waals surface area contributed by atoms with Gasteiger partial charge in [-0.05, 0) is 36.1 Å². The van der Waals surface area contributed by atoms with Crippen LogP contribution in [0.3, 0.4) is 0 Å². The average Bonchev–Trinajstić information content (AvgIpc) is 3.10. The summed E-state index contributed by atoms with van der Waals surface area (Å²) < 4.78 is 0. The standard InChI is InChI=1S/C19H22N2O2/c22-19(21-23)18(14-6-2-1-3-7-14)15-10-12-17(13-11-15)20-16-8-4-5-9-16/h1-3,6-7,10-13,16,18,20,23H,4-5,8-9H2,(H,21,22). The molecule has 1 atom stereocenters. The Morgan fingerprint density at radius 3 is 2.17 bits per heavy atom. The lowest BCUT2D eigenvalue weighted by Gasteiger charge is -2.18. The predicted molar refractivity (Wildman–Crippen MR) is 90.5 cm³/mol. The van der Waals surface area contributed by atoms with Crippen molar-refractivity contribution >= 4 is 11.6 Å². The van der Waals surface area contributed by atoms with Gasteiger partial charge in [-0.25, -0.2) is 5.48 Å². The molecule has 23 heavy (non-hydrogen) atoms. The second-order valence-electron chi connectivity index (χ2n) is 6.07. The second kappa shape index (κ2) is 7.29. The molecule has 0 bridgehead atoms. The first-order valence-corrected chi connectivity index (χ1v) is 8.13. The molecule has 2 aromatic rings. The van der Waals surface area contributed by atoms with Gasteiger partial charge in [-0.3, -0.25) is 10.0 Å². The maximum atomic E-state index is 12.1. The number of amides is 1. The smallest absolute Gasteiger partial charge is 0.255 e. The third-order valence-corrected chi connectivity index (χ3v) is 4.48. The SMILES string of the molecule is O=C(NO)C(c1ccccc1)c1ccc(NC2CCCC2)cc1. The molecule has 1 amide bonds. The summed E-state index contributed by atoms with van der Waals surface area (Å²) >= 11 is 0. The van der Waals surface area contributed by atoms with Crippen LogP contribution in [0, 0.1) is 0 Å². The van der Waals surface area contributed by atoms with Crippen LogP contribution >= 0.6 is 0 Å². The summed E-state index contributed by atoms with van der Waals surface area (Å²) in [6.45, 7) is 0. The summed E-state index contributed by atoms with van der Waals surface area (Å²) in [4.78, 5) is 12.1. The molecule has 1 aliphatic carbocycles. The van der Waals surface area contributed by atoms with E-state index in [2.05, 4.69) is 5.32 Å². The zero-order chi connectivity index (χ0) is 16.1. The summed E-state index contributed by atoms with van der Waals surface area (Å²) in [5, 5.41) is 12.6. The third kappa shape index (κ3) is 3.71. The van der Waals surface area contributed by atoms with Gasteiger partial charge >= 0.3 is 0 Å². The number of carbonyl (C=O) groups is 1. The maximum Gasteiger partial charge on any atom is 0.255 e. The van der Waals surface area contributed by atoms with Crippen molar-refractivity contribution < 1.29 is 10.0 Å². The van der Waals surface area contributed by atoms with E-state index in [1.807, 2.05) is 54.6 Å². The average molecular weight is 310 g/mol. The van der Waals surface area contributed by atoms with E-state index in [1.54, 1.807) is 5.48 Å². The Hall–Kier alpha value is -2.33. The van der Waals surface area contributed by atoms with Gasteiger partial charge in [0.2, 0.25) is 0 Å². The van der Waals surface area contributed by atoms with Crippen molar-refractivity contribution in [3.63, 3.8) is 0 Å². The number of hydrogen-bond acceptors (Lipinski definition) is 3. The zero-order valence-corrected chi connectivity index (χ0v) is 13.0. The van der Waals surface area contributed by atoms with Gasteiger partial charge < -0.3 is 5.32 Å². The van der Waals surface area contributed by atoms with Gasteiger partial charge in [0.1, 0.15) is 0 Å². The molecule has 0 heterocycles. The van der Waals surface area contributed by atoms with E-state index in [0.29, 0.717) is 6.04 Å². The molecule has 0 radical (unpaired) electrons. The maximum absolute atomic E-state index is 12.1. The van der Waals surface area contributed by atoms with Crippen LogP contribution in [0.4, 0.5) is 5.69 Å². The Balaban J connectivity index is 1.80. The molecule has 1 saturated carbocycles. The Bertz CT molecular complexity index is 634. The van der Waals surface area contributed by atoms with Crippen molar-refractivity contribution in [2.24, 2.45) is 0 Å². The van der Waals surface area contributed by atoms with Crippen molar-refractivity contribution in [2.45, 2.75) is 37.6 Å². The summed E-state index contributed by atoms with van der Waals surface area (Å²) in [5.74, 6) is -0.936. The first-order valence-electron chi connectivity index (χ1n) is 8.13. The molecule has 2 aromatic carbocycles. The van der Waals surface area contributed by atoms with Crippen molar-refractivity contribution in [3.05, 3.63) is 65.7 Å². The Labute approximate surface area is 136 Å². The zero-order valence-electron chi connectivity index (χ0n) is 13.0. The number of hydrogen-bond donors (Lipinski definition) is 3. The summed E-state index contributed by atoms with van der Waals surface area (Å²) in [5.41, 5.74) is 4.58. The molecular formula is C19H22N2O2. The molecule has 0 aromatic heterocycles.